The van der Waals surface area contributed by atoms with Gasteiger partial charge in [-0.3, -0.25) is 0 Å². The molecule has 3 rings (SSSR count). The number of hydrogen-bond acceptors (Lipinski definition) is 4. The fourth-order valence-corrected chi connectivity index (χ4v) is 3.63. The zero-order valence-corrected chi connectivity index (χ0v) is 12.5. The number of benzene rings is 1. The van der Waals surface area contributed by atoms with Crippen molar-refractivity contribution in [2.24, 2.45) is 4.99 Å². The molecule has 0 bridgehead atoms. The lowest BCUT2D eigenvalue weighted by atomic mass is 10.0. The zero-order chi connectivity index (χ0) is 14.1. The van der Waals surface area contributed by atoms with E-state index in [1.54, 1.807) is 23.9 Å². The molecule has 0 aromatic heterocycles. The molecule has 104 valence electrons. The fourth-order valence-electron chi connectivity index (χ4n) is 2.61. The summed E-state index contributed by atoms with van der Waals surface area (Å²) in [5.74, 6) is 0.299. The third-order valence-corrected chi connectivity index (χ3v) is 4.37. The van der Waals surface area contributed by atoms with Gasteiger partial charge in [0.05, 0.1) is 11.7 Å². The van der Waals surface area contributed by atoms with Crippen LogP contribution in [0.2, 0.25) is 0 Å². The molecule has 0 amide bonds. The van der Waals surface area contributed by atoms with Crippen LogP contribution in [0.5, 0.6) is 5.75 Å². The highest BCUT2D eigenvalue weighted by atomic mass is 32.2. The number of rotatable bonds is 3. The molecule has 1 atom stereocenters. The molecule has 2 heterocycles. The van der Waals surface area contributed by atoms with Gasteiger partial charge in [-0.05, 0) is 49.2 Å². The number of phenolic OH excluding ortho intramolecular Hbond substituents is 1. The Morgan fingerprint density at radius 3 is 2.75 bits per heavy atom. The molecule has 3 nitrogen and oxygen atoms in total. The van der Waals surface area contributed by atoms with E-state index in [1.807, 2.05) is 12.1 Å². The second-order valence-corrected chi connectivity index (χ2v) is 5.93. The highest BCUT2D eigenvalue weighted by Gasteiger charge is 2.31. The molecule has 0 radical (unpaired) electrons. The Kier molecular flexibility index (Phi) is 3.57. The van der Waals surface area contributed by atoms with Crippen LogP contribution in [0.25, 0.3) is 5.70 Å². The number of fused-ring (bicyclic) bond motifs is 1. The predicted octanol–water partition coefficient (Wildman–Crippen LogP) is 4.18. The molecule has 1 N–H and O–H groups in total. The van der Waals surface area contributed by atoms with Crippen molar-refractivity contribution in [3.05, 3.63) is 47.0 Å². The van der Waals surface area contributed by atoms with Crippen molar-refractivity contribution in [3.63, 3.8) is 0 Å². The van der Waals surface area contributed by atoms with Crippen molar-refractivity contribution in [1.82, 2.24) is 4.90 Å². The summed E-state index contributed by atoms with van der Waals surface area (Å²) in [6, 6.07) is 7.76. The van der Waals surface area contributed by atoms with E-state index in [9.17, 15) is 5.11 Å². The van der Waals surface area contributed by atoms with Gasteiger partial charge in [0.25, 0.3) is 0 Å². The molecule has 0 aliphatic carbocycles. The fraction of sp³-hybridized carbons (Fsp3) is 0.312. The average molecular weight is 286 g/mol. The largest absolute Gasteiger partial charge is 0.508 e. The van der Waals surface area contributed by atoms with Gasteiger partial charge in [-0.2, -0.15) is 0 Å². The van der Waals surface area contributed by atoms with Crippen LogP contribution in [0.15, 0.2) is 46.4 Å². The molecule has 2 aliphatic rings. The van der Waals surface area contributed by atoms with Crippen LogP contribution in [-0.4, -0.2) is 21.2 Å². The standard InChI is InChI=1S/C16H18N2OS/c1-3-4-13-9-11(2)17-16-18(13)15(10-20-16)12-5-7-14(19)8-6-12/h5-10,13,19H,3-4H2,1-2H3. The van der Waals surface area contributed by atoms with Gasteiger partial charge in [0, 0.05) is 11.1 Å². The summed E-state index contributed by atoms with van der Waals surface area (Å²) in [5.41, 5.74) is 3.40. The van der Waals surface area contributed by atoms with Crippen LogP contribution in [0.3, 0.4) is 0 Å². The van der Waals surface area contributed by atoms with Gasteiger partial charge >= 0.3 is 0 Å². The van der Waals surface area contributed by atoms with E-state index >= 15 is 0 Å². The first kappa shape index (κ1) is 13.3. The molecule has 4 heteroatoms. The Balaban J connectivity index is 1.94. The van der Waals surface area contributed by atoms with Crippen LogP contribution in [0.4, 0.5) is 0 Å². The highest BCUT2D eigenvalue weighted by Crippen LogP contribution is 2.39. The van der Waals surface area contributed by atoms with Crippen LogP contribution >= 0.6 is 11.8 Å². The van der Waals surface area contributed by atoms with E-state index in [0.29, 0.717) is 11.8 Å². The SMILES string of the molecule is CCCC1C=C(C)N=C2SC=C(c3ccc(O)cc3)N21. The Labute approximate surface area is 123 Å². The summed E-state index contributed by atoms with van der Waals surface area (Å²) in [6.45, 7) is 4.27. The molecule has 20 heavy (non-hydrogen) atoms. The topological polar surface area (TPSA) is 35.8 Å². The summed E-state index contributed by atoms with van der Waals surface area (Å²) < 4.78 is 0. The molecule has 0 saturated carbocycles. The lowest BCUT2D eigenvalue weighted by Crippen LogP contribution is -2.36. The van der Waals surface area contributed by atoms with Crippen LogP contribution in [0.1, 0.15) is 32.3 Å². The quantitative estimate of drug-likeness (QED) is 0.905. The van der Waals surface area contributed by atoms with E-state index in [2.05, 4.69) is 35.2 Å². The van der Waals surface area contributed by atoms with Gasteiger partial charge < -0.3 is 10.0 Å². The van der Waals surface area contributed by atoms with Crippen molar-refractivity contribution in [1.29, 1.82) is 0 Å². The summed E-state index contributed by atoms with van der Waals surface area (Å²) in [6.07, 6.45) is 4.51. The predicted molar refractivity (Wildman–Crippen MR) is 85.4 cm³/mol. The molecule has 0 fully saturated rings. The highest BCUT2D eigenvalue weighted by molar-refractivity contribution is 8.16. The molecule has 2 aliphatic heterocycles. The Morgan fingerprint density at radius 2 is 2.05 bits per heavy atom. The maximum absolute atomic E-state index is 9.43. The molecule has 0 spiro atoms. The van der Waals surface area contributed by atoms with Gasteiger partial charge in [0.1, 0.15) is 5.75 Å². The number of allylic oxidation sites excluding steroid dienone is 1. The van der Waals surface area contributed by atoms with Crippen molar-refractivity contribution in [2.75, 3.05) is 0 Å². The summed E-state index contributed by atoms with van der Waals surface area (Å²) >= 11 is 1.68. The van der Waals surface area contributed by atoms with Crippen molar-refractivity contribution in [2.45, 2.75) is 32.7 Å². The van der Waals surface area contributed by atoms with E-state index in [-0.39, 0.29) is 0 Å². The number of thioether (sulfide) groups is 1. The Bertz CT molecular complexity index is 601. The Morgan fingerprint density at radius 1 is 1.30 bits per heavy atom. The second kappa shape index (κ2) is 5.37. The zero-order valence-electron chi connectivity index (χ0n) is 11.7. The van der Waals surface area contributed by atoms with Gasteiger partial charge in [-0.15, -0.1) is 0 Å². The molecular formula is C16H18N2OS. The minimum atomic E-state index is 0.299. The molecule has 1 aromatic carbocycles. The first-order chi connectivity index (χ1) is 9.69. The monoisotopic (exact) mass is 286 g/mol. The number of nitrogens with zero attached hydrogens (tertiary/aromatic N) is 2. The van der Waals surface area contributed by atoms with E-state index < -0.39 is 0 Å². The third-order valence-electron chi connectivity index (χ3n) is 3.53. The molecule has 1 unspecified atom stereocenters. The Hall–Kier alpha value is -1.68. The number of hydrogen-bond donors (Lipinski definition) is 1. The number of aliphatic imine (C=N–C) groups is 1. The van der Waals surface area contributed by atoms with Gasteiger partial charge in [-0.1, -0.05) is 25.1 Å². The number of phenols is 1. The first-order valence-corrected chi connectivity index (χ1v) is 7.79. The van der Waals surface area contributed by atoms with Gasteiger partial charge in [0.2, 0.25) is 0 Å². The second-order valence-electron chi connectivity index (χ2n) is 5.10. The third kappa shape index (κ3) is 2.36. The number of amidine groups is 1. The van der Waals surface area contributed by atoms with E-state index in [4.69, 9.17) is 0 Å². The summed E-state index contributed by atoms with van der Waals surface area (Å²) in [7, 11) is 0. The maximum atomic E-state index is 9.43. The normalized spacial score (nSPS) is 21.2. The maximum Gasteiger partial charge on any atom is 0.173 e. The lowest BCUT2D eigenvalue weighted by Gasteiger charge is -2.32. The van der Waals surface area contributed by atoms with Crippen molar-refractivity contribution in [3.8, 4) is 5.75 Å². The van der Waals surface area contributed by atoms with Gasteiger partial charge in [-0.25, -0.2) is 4.99 Å². The van der Waals surface area contributed by atoms with Gasteiger partial charge in [0.15, 0.2) is 5.17 Å². The van der Waals surface area contributed by atoms with Crippen LogP contribution in [0, 0.1) is 0 Å². The summed E-state index contributed by atoms with van der Waals surface area (Å²) in [5, 5.41) is 12.6. The minimum absolute atomic E-state index is 0.299. The minimum Gasteiger partial charge on any atom is -0.508 e. The average Bonchev–Trinajstić information content (AvgIpc) is 2.83. The first-order valence-electron chi connectivity index (χ1n) is 6.91. The van der Waals surface area contributed by atoms with Crippen LogP contribution < -0.4 is 0 Å². The van der Waals surface area contributed by atoms with E-state index in [1.165, 1.54) is 5.70 Å². The van der Waals surface area contributed by atoms with Crippen molar-refractivity contribution >= 4 is 22.6 Å². The van der Waals surface area contributed by atoms with E-state index in [0.717, 1.165) is 29.3 Å². The van der Waals surface area contributed by atoms with Crippen LogP contribution in [-0.2, 0) is 0 Å². The molecule has 1 aromatic rings. The smallest absolute Gasteiger partial charge is 0.173 e. The van der Waals surface area contributed by atoms with Crippen molar-refractivity contribution < 1.29 is 5.11 Å². The number of aromatic hydroxyl groups is 1. The molecule has 0 saturated heterocycles. The molecular weight excluding hydrogens is 268 g/mol. The summed E-state index contributed by atoms with van der Waals surface area (Å²) in [4.78, 5) is 6.95. The lowest BCUT2D eigenvalue weighted by molar-refractivity contribution is 0.454.